The SMILES string of the molecule is CSC/C(C)=C/C(=C\C(C)C(=O)NC(C)(C)CO)CSc1ccccc1. The van der Waals surface area contributed by atoms with Gasteiger partial charge < -0.3 is 10.4 Å². The Balaban J connectivity index is 2.89. The minimum absolute atomic E-state index is 0.0674. The van der Waals surface area contributed by atoms with E-state index in [0.717, 1.165) is 17.1 Å². The summed E-state index contributed by atoms with van der Waals surface area (Å²) in [5, 5.41) is 12.2. The van der Waals surface area contributed by atoms with Crippen molar-refractivity contribution in [2.45, 2.75) is 38.1 Å². The van der Waals surface area contributed by atoms with Crippen molar-refractivity contribution < 1.29 is 9.90 Å². The number of allylic oxidation sites excluding steroid dienone is 1. The van der Waals surface area contributed by atoms with E-state index in [9.17, 15) is 9.90 Å². The van der Waals surface area contributed by atoms with Gasteiger partial charge in [-0.25, -0.2) is 0 Å². The van der Waals surface area contributed by atoms with Gasteiger partial charge in [0.2, 0.25) is 5.91 Å². The first-order valence-electron chi connectivity index (χ1n) is 8.75. The van der Waals surface area contributed by atoms with E-state index in [1.165, 1.54) is 10.5 Å². The highest BCUT2D eigenvalue weighted by molar-refractivity contribution is 7.99. The van der Waals surface area contributed by atoms with Crippen molar-refractivity contribution in [3.63, 3.8) is 0 Å². The van der Waals surface area contributed by atoms with Crippen LogP contribution in [0.25, 0.3) is 0 Å². The Kier molecular flexibility index (Phi) is 10.1. The lowest BCUT2D eigenvalue weighted by Gasteiger charge is -2.25. The van der Waals surface area contributed by atoms with Crippen LogP contribution >= 0.6 is 23.5 Å². The van der Waals surface area contributed by atoms with Crippen molar-refractivity contribution in [3.8, 4) is 0 Å². The molecule has 1 atom stereocenters. The molecule has 144 valence electrons. The summed E-state index contributed by atoms with van der Waals surface area (Å²) in [6.07, 6.45) is 6.31. The van der Waals surface area contributed by atoms with Gasteiger partial charge in [-0.3, -0.25) is 4.79 Å². The summed E-state index contributed by atoms with van der Waals surface area (Å²) >= 11 is 3.56. The first-order chi connectivity index (χ1) is 12.3. The third kappa shape index (κ3) is 8.97. The minimum atomic E-state index is -0.608. The normalized spacial score (nSPS) is 14.2. The lowest BCUT2D eigenvalue weighted by Crippen LogP contribution is -2.48. The fourth-order valence-corrected chi connectivity index (χ4v) is 3.69. The predicted molar refractivity (Wildman–Crippen MR) is 116 cm³/mol. The highest BCUT2D eigenvalue weighted by Gasteiger charge is 2.21. The third-order valence-electron chi connectivity index (χ3n) is 3.69. The molecule has 0 aliphatic rings. The fourth-order valence-electron chi connectivity index (χ4n) is 2.29. The van der Waals surface area contributed by atoms with Crippen LogP contribution in [0.2, 0.25) is 0 Å². The molecule has 0 bridgehead atoms. The topological polar surface area (TPSA) is 49.3 Å². The zero-order valence-electron chi connectivity index (χ0n) is 16.4. The number of hydrogen-bond donors (Lipinski definition) is 2. The molecule has 2 N–H and O–H groups in total. The summed E-state index contributed by atoms with van der Waals surface area (Å²) in [4.78, 5) is 13.7. The zero-order chi connectivity index (χ0) is 19.6. The smallest absolute Gasteiger partial charge is 0.227 e. The average Bonchev–Trinajstić information content (AvgIpc) is 2.60. The molecule has 0 fully saturated rings. The molecule has 26 heavy (non-hydrogen) atoms. The lowest BCUT2D eigenvalue weighted by atomic mass is 10.0. The van der Waals surface area contributed by atoms with Crippen LogP contribution in [0.5, 0.6) is 0 Å². The van der Waals surface area contributed by atoms with Crippen LogP contribution in [0.4, 0.5) is 0 Å². The minimum Gasteiger partial charge on any atom is -0.394 e. The fraction of sp³-hybridized carbons (Fsp3) is 0.476. The van der Waals surface area contributed by atoms with E-state index in [0.29, 0.717) is 0 Å². The van der Waals surface area contributed by atoms with Crippen molar-refractivity contribution in [1.82, 2.24) is 5.32 Å². The van der Waals surface area contributed by atoms with Gasteiger partial charge in [-0.15, -0.1) is 11.8 Å². The number of aliphatic hydroxyl groups is 1. The van der Waals surface area contributed by atoms with Crippen molar-refractivity contribution in [2.24, 2.45) is 5.92 Å². The van der Waals surface area contributed by atoms with Crippen molar-refractivity contribution in [2.75, 3.05) is 24.4 Å². The van der Waals surface area contributed by atoms with Gasteiger partial charge in [-0.2, -0.15) is 11.8 Å². The van der Waals surface area contributed by atoms with Gasteiger partial charge in [0.25, 0.3) is 0 Å². The summed E-state index contributed by atoms with van der Waals surface area (Å²) in [5.74, 6) is 1.47. The van der Waals surface area contributed by atoms with Gasteiger partial charge in [-0.05, 0) is 44.7 Å². The Morgan fingerprint density at radius 2 is 1.92 bits per heavy atom. The predicted octanol–water partition coefficient (Wildman–Crippen LogP) is 4.54. The van der Waals surface area contributed by atoms with Gasteiger partial charge in [-0.1, -0.05) is 42.8 Å². The second kappa shape index (κ2) is 11.5. The van der Waals surface area contributed by atoms with Gasteiger partial charge in [0, 0.05) is 16.4 Å². The highest BCUT2D eigenvalue weighted by Crippen LogP contribution is 2.23. The molecule has 1 amide bonds. The van der Waals surface area contributed by atoms with Gasteiger partial charge in [0.05, 0.1) is 18.1 Å². The summed E-state index contributed by atoms with van der Waals surface area (Å²) in [5.41, 5.74) is 1.83. The van der Waals surface area contributed by atoms with Crippen LogP contribution in [0.3, 0.4) is 0 Å². The van der Waals surface area contributed by atoms with Crippen molar-refractivity contribution in [3.05, 3.63) is 53.6 Å². The Morgan fingerprint density at radius 1 is 1.27 bits per heavy atom. The molecule has 1 aromatic rings. The lowest BCUT2D eigenvalue weighted by molar-refractivity contribution is -0.125. The maximum Gasteiger partial charge on any atom is 0.227 e. The van der Waals surface area contributed by atoms with Crippen molar-refractivity contribution >= 4 is 29.4 Å². The van der Waals surface area contributed by atoms with E-state index in [2.05, 4.69) is 36.7 Å². The van der Waals surface area contributed by atoms with E-state index >= 15 is 0 Å². The molecule has 0 heterocycles. The molecule has 1 aromatic carbocycles. The zero-order valence-corrected chi connectivity index (χ0v) is 18.0. The highest BCUT2D eigenvalue weighted by atomic mass is 32.2. The molecule has 0 saturated heterocycles. The van der Waals surface area contributed by atoms with E-state index < -0.39 is 5.54 Å². The van der Waals surface area contributed by atoms with E-state index in [1.807, 2.05) is 45.0 Å². The van der Waals surface area contributed by atoms with E-state index in [-0.39, 0.29) is 18.4 Å². The van der Waals surface area contributed by atoms with Gasteiger partial charge in [0.1, 0.15) is 0 Å². The molecule has 0 radical (unpaired) electrons. The molecule has 1 rings (SSSR count). The van der Waals surface area contributed by atoms with Crippen LogP contribution in [0.15, 0.2) is 58.5 Å². The number of rotatable bonds is 10. The Hall–Kier alpha value is -1.17. The quantitative estimate of drug-likeness (QED) is 0.453. The Bertz CT molecular complexity index is 624. The molecule has 0 aromatic heterocycles. The summed E-state index contributed by atoms with van der Waals surface area (Å²) < 4.78 is 0. The molecular weight excluding hydrogens is 362 g/mol. The standard InChI is InChI=1S/C21H31NO2S2/c1-16(13-25-5)11-18(14-26-19-9-7-6-8-10-19)12-17(2)20(24)22-21(3,4)15-23/h6-12,17,23H,13-15H2,1-5H3,(H,22,24)/b16-11+,18-12+. The van der Waals surface area contributed by atoms with Crippen LogP contribution in [-0.2, 0) is 4.79 Å². The Morgan fingerprint density at radius 3 is 2.50 bits per heavy atom. The first-order valence-corrected chi connectivity index (χ1v) is 11.1. The molecule has 1 unspecified atom stereocenters. The number of carbonyl (C=O) groups excluding carboxylic acids is 1. The van der Waals surface area contributed by atoms with Crippen molar-refractivity contribution in [1.29, 1.82) is 0 Å². The molecule has 0 aliphatic heterocycles. The maximum atomic E-state index is 12.4. The second-order valence-electron chi connectivity index (χ2n) is 7.09. The first kappa shape index (κ1) is 22.9. The number of benzene rings is 1. The van der Waals surface area contributed by atoms with Gasteiger partial charge >= 0.3 is 0 Å². The maximum absolute atomic E-state index is 12.4. The molecule has 0 spiro atoms. The largest absolute Gasteiger partial charge is 0.394 e. The van der Waals surface area contributed by atoms with Crippen LogP contribution < -0.4 is 5.32 Å². The molecular formula is C21H31NO2S2. The number of carbonyl (C=O) groups is 1. The number of hydrogen-bond acceptors (Lipinski definition) is 4. The van der Waals surface area contributed by atoms with E-state index in [1.54, 1.807) is 23.5 Å². The Labute approximate surface area is 166 Å². The monoisotopic (exact) mass is 393 g/mol. The number of aliphatic hydroxyl groups excluding tert-OH is 1. The molecule has 0 saturated carbocycles. The summed E-state index contributed by atoms with van der Waals surface area (Å²) in [6.45, 7) is 7.56. The summed E-state index contributed by atoms with van der Waals surface area (Å²) in [6, 6.07) is 10.3. The number of nitrogens with one attached hydrogen (secondary N) is 1. The van der Waals surface area contributed by atoms with Crippen LogP contribution in [0.1, 0.15) is 27.7 Å². The second-order valence-corrected chi connectivity index (χ2v) is 9.00. The third-order valence-corrected chi connectivity index (χ3v) is 5.51. The molecule has 0 aliphatic carbocycles. The molecule has 3 nitrogen and oxygen atoms in total. The van der Waals surface area contributed by atoms with Crippen LogP contribution in [0, 0.1) is 5.92 Å². The van der Waals surface area contributed by atoms with Crippen LogP contribution in [-0.4, -0.2) is 40.9 Å². The number of amides is 1. The average molecular weight is 394 g/mol. The number of thioether (sulfide) groups is 2. The van der Waals surface area contributed by atoms with Gasteiger partial charge in [0.15, 0.2) is 0 Å². The molecule has 5 heteroatoms. The summed E-state index contributed by atoms with van der Waals surface area (Å²) in [7, 11) is 0. The van der Waals surface area contributed by atoms with E-state index in [4.69, 9.17) is 0 Å².